The standard InChI is InChI=1S/C21H29N7O/c1-13-5-4-6-16(7-13)23-21-25-18(24-20(22)26-21)12-27(2)17-8-14-10-19(29)28(3)11-15(14)9-17/h4-7,14-15,17H,8-12H2,1-3H3,(H3,22,23,24,25,26). The van der Waals surface area contributed by atoms with Gasteiger partial charge in [0, 0.05) is 31.7 Å². The van der Waals surface area contributed by atoms with E-state index in [2.05, 4.69) is 32.2 Å². The molecule has 3 unspecified atom stereocenters. The predicted octanol–water partition coefficient (Wildman–Crippen LogP) is 2.19. The molecule has 1 aromatic heterocycles. The summed E-state index contributed by atoms with van der Waals surface area (Å²) < 4.78 is 0. The number of fused-ring (bicyclic) bond motifs is 1. The van der Waals surface area contributed by atoms with Crippen LogP contribution < -0.4 is 11.1 Å². The van der Waals surface area contributed by atoms with Crippen LogP contribution >= 0.6 is 0 Å². The molecule has 1 amide bonds. The van der Waals surface area contributed by atoms with E-state index in [-0.39, 0.29) is 11.9 Å². The van der Waals surface area contributed by atoms with Crippen LogP contribution in [0.1, 0.15) is 30.7 Å². The van der Waals surface area contributed by atoms with E-state index in [4.69, 9.17) is 5.73 Å². The Morgan fingerprint density at radius 1 is 1.24 bits per heavy atom. The van der Waals surface area contributed by atoms with Gasteiger partial charge >= 0.3 is 0 Å². The Labute approximate surface area is 171 Å². The molecule has 2 heterocycles. The SMILES string of the molecule is Cc1cccc(Nc2nc(N)nc(CN(C)C3CC4CC(=O)N(C)CC4C3)n2)c1. The van der Waals surface area contributed by atoms with Crippen LogP contribution in [0.3, 0.4) is 0 Å². The van der Waals surface area contributed by atoms with Crippen molar-refractivity contribution < 1.29 is 4.79 Å². The maximum Gasteiger partial charge on any atom is 0.232 e. The third kappa shape index (κ3) is 4.48. The highest BCUT2D eigenvalue weighted by Crippen LogP contribution is 2.40. The fourth-order valence-corrected chi connectivity index (χ4v) is 4.62. The number of nitrogens with two attached hydrogens (primary N) is 1. The maximum absolute atomic E-state index is 12.0. The molecule has 2 aliphatic rings. The zero-order valence-electron chi connectivity index (χ0n) is 17.3. The van der Waals surface area contributed by atoms with E-state index in [1.165, 1.54) is 0 Å². The summed E-state index contributed by atoms with van der Waals surface area (Å²) in [6.45, 7) is 3.51. The van der Waals surface area contributed by atoms with Gasteiger partial charge in [0.2, 0.25) is 17.8 Å². The number of carbonyl (C=O) groups excluding carboxylic acids is 1. The lowest BCUT2D eigenvalue weighted by Gasteiger charge is -2.31. The van der Waals surface area contributed by atoms with Crippen molar-refractivity contribution in [1.82, 2.24) is 24.8 Å². The Balaban J connectivity index is 1.42. The van der Waals surface area contributed by atoms with E-state index in [1.807, 2.05) is 43.1 Å². The molecule has 2 aromatic rings. The van der Waals surface area contributed by atoms with Crippen LogP contribution in [0.2, 0.25) is 0 Å². The number of nitrogens with one attached hydrogen (secondary N) is 1. The molecule has 1 saturated carbocycles. The number of carbonyl (C=O) groups is 1. The molecule has 0 bridgehead atoms. The topological polar surface area (TPSA) is 100 Å². The van der Waals surface area contributed by atoms with Gasteiger partial charge in [-0.05, 0) is 56.3 Å². The average molecular weight is 396 g/mol. The number of nitrogens with zero attached hydrogens (tertiary/aromatic N) is 5. The lowest BCUT2D eigenvalue weighted by atomic mass is 9.88. The first kappa shape index (κ1) is 19.6. The lowest BCUT2D eigenvalue weighted by Crippen LogP contribution is -2.39. The molecule has 1 aliphatic carbocycles. The quantitative estimate of drug-likeness (QED) is 0.800. The summed E-state index contributed by atoms with van der Waals surface area (Å²) >= 11 is 0. The molecule has 2 fully saturated rings. The van der Waals surface area contributed by atoms with Gasteiger partial charge in [0.25, 0.3) is 0 Å². The van der Waals surface area contributed by atoms with Gasteiger partial charge in [0.15, 0.2) is 0 Å². The number of rotatable bonds is 5. The lowest BCUT2D eigenvalue weighted by molar-refractivity contribution is -0.134. The highest BCUT2D eigenvalue weighted by molar-refractivity contribution is 5.77. The first-order valence-corrected chi connectivity index (χ1v) is 10.2. The van der Waals surface area contributed by atoms with Crippen LogP contribution in [0.25, 0.3) is 0 Å². The van der Waals surface area contributed by atoms with Crippen molar-refractivity contribution in [2.45, 2.75) is 38.8 Å². The number of likely N-dealkylation sites (tertiary alicyclic amines) is 1. The van der Waals surface area contributed by atoms with Crippen LogP contribution in [0.5, 0.6) is 0 Å². The maximum atomic E-state index is 12.0. The van der Waals surface area contributed by atoms with Crippen LogP contribution in [0.15, 0.2) is 24.3 Å². The number of nitrogen functional groups attached to an aromatic ring is 1. The number of aryl methyl sites for hydroxylation is 1. The molecule has 0 spiro atoms. The molecular formula is C21H29N7O. The number of aromatic nitrogens is 3. The Kier molecular flexibility index (Phi) is 5.36. The molecule has 1 aliphatic heterocycles. The van der Waals surface area contributed by atoms with Crippen LogP contribution in [-0.4, -0.2) is 57.3 Å². The van der Waals surface area contributed by atoms with Crippen LogP contribution in [0.4, 0.5) is 17.6 Å². The molecule has 0 radical (unpaired) electrons. The van der Waals surface area contributed by atoms with Crippen molar-refractivity contribution in [2.75, 3.05) is 31.7 Å². The van der Waals surface area contributed by atoms with E-state index in [1.54, 1.807) is 0 Å². The highest BCUT2D eigenvalue weighted by atomic mass is 16.2. The van der Waals surface area contributed by atoms with Crippen molar-refractivity contribution in [1.29, 1.82) is 0 Å². The number of hydrogen-bond donors (Lipinski definition) is 2. The first-order valence-electron chi connectivity index (χ1n) is 10.2. The van der Waals surface area contributed by atoms with Gasteiger partial charge in [0.1, 0.15) is 5.82 Å². The molecular weight excluding hydrogens is 366 g/mol. The van der Waals surface area contributed by atoms with E-state index >= 15 is 0 Å². The molecule has 3 atom stereocenters. The second-order valence-corrected chi connectivity index (χ2v) is 8.47. The third-order valence-corrected chi connectivity index (χ3v) is 6.17. The molecule has 1 aromatic carbocycles. The Hall–Kier alpha value is -2.74. The summed E-state index contributed by atoms with van der Waals surface area (Å²) in [4.78, 5) is 29.3. The summed E-state index contributed by atoms with van der Waals surface area (Å²) in [6.07, 6.45) is 2.83. The number of hydrogen-bond acceptors (Lipinski definition) is 7. The normalized spacial score (nSPS) is 24.1. The first-order chi connectivity index (χ1) is 13.9. The molecule has 4 rings (SSSR count). The van der Waals surface area contributed by atoms with Gasteiger partial charge in [-0.3, -0.25) is 9.69 Å². The zero-order chi connectivity index (χ0) is 20.5. The van der Waals surface area contributed by atoms with E-state index in [0.29, 0.717) is 42.6 Å². The minimum absolute atomic E-state index is 0.214. The number of benzene rings is 1. The second-order valence-electron chi connectivity index (χ2n) is 8.47. The Bertz CT molecular complexity index is 902. The summed E-state index contributed by atoms with van der Waals surface area (Å²) in [7, 11) is 4.01. The van der Waals surface area contributed by atoms with Crippen molar-refractivity contribution >= 4 is 23.5 Å². The number of amides is 1. The molecule has 8 nitrogen and oxygen atoms in total. The van der Waals surface area contributed by atoms with Gasteiger partial charge in [-0.25, -0.2) is 0 Å². The fraction of sp³-hybridized carbons (Fsp3) is 0.524. The van der Waals surface area contributed by atoms with Gasteiger partial charge in [-0.2, -0.15) is 15.0 Å². The predicted molar refractivity (Wildman–Crippen MR) is 112 cm³/mol. The second kappa shape index (κ2) is 7.94. The van der Waals surface area contributed by atoms with E-state index in [0.717, 1.165) is 30.6 Å². The minimum atomic E-state index is 0.214. The summed E-state index contributed by atoms with van der Waals surface area (Å²) in [5, 5.41) is 3.22. The van der Waals surface area contributed by atoms with Gasteiger partial charge in [0.05, 0.1) is 6.54 Å². The summed E-state index contributed by atoms with van der Waals surface area (Å²) in [5.74, 6) is 2.68. The van der Waals surface area contributed by atoms with Gasteiger partial charge in [-0.1, -0.05) is 12.1 Å². The molecule has 8 heteroatoms. The van der Waals surface area contributed by atoms with Crippen molar-refractivity contribution in [3.8, 4) is 0 Å². The number of piperidine rings is 1. The summed E-state index contributed by atoms with van der Waals surface area (Å²) in [6, 6.07) is 8.45. The molecule has 1 saturated heterocycles. The third-order valence-electron chi connectivity index (χ3n) is 6.17. The van der Waals surface area contributed by atoms with Gasteiger partial charge in [-0.15, -0.1) is 0 Å². The van der Waals surface area contributed by atoms with E-state index in [9.17, 15) is 4.79 Å². The average Bonchev–Trinajstić information content (AvgIpc) is 3.04. The minimum Gasteiger partial charge on any atom is -0.368 e. The molecule has 3 N–H and O–H groups in total. The Morgan fingerprint density at radius 3 is 2.83 bits per heavy atom. The van der Waals surface area contributed by atoms with Gasteiger partial charge < -0.3 is 16.0 Å². The fourth-order valence-electron chi connectivity index (χ4n) is 4.62. The monoisotopic (exact) mass is 395 g/mol. The van der Waals surface area contributed by atoms with Crippen molar-refractivity contribution in [2.24, 2.45) is 11.8 Å². The van der Waals surface area contributed by atoms with Crippen molar-refractivity contribution in [3.05, 3.63) is 35.7 Å². The summed E-state index contributed by atoms with van der Waals surface area (Å²) in [5.41, 5.74) is 8.01. The molecule has 29 heavy (non-hydrogen) atoms. The molecule has 154 valence electrons. The number of anilines is 3. The van der Waals surface area contributed by atoms with E-state index < -0.39 is 0 Å². The smallest absolute Gasteiger partial charge is 0.232 e. The van der Waals surface area contributed by atoms with Crippen LogP contribution in [-0.2, 0) is 11.3 Å². The Morgan fingerprint density at radius 2 is 2.03 bits per heavy atom. The zero-order valence-corrected chi connectivity index (χ0v) is 17.3. The highest BCUT2D eigenvalue weighted by Gasteiger charge is 2.41. The largest absolute Gasteiger partial charge is 0.368 e. The van der Waals surface area contributed by atoms with Crippen molar-refractivity contribution in [3.63, 3.8) is 0 Å². The van der Waals surface area contributed by atoms with Crippen LogP contribution in [0, 0.1) is 18.8 Å².